The molecular weight excluding hydrogens is 558 g/mol. The Morgan fingerprint density at radius 2 is 1.37 bits per heavy atom. The number of nitrogens with zero attached hydrogens (tertiary/aromatic N) is 1. The third kappa shape index (κ3) is 11.3. The smallest absolute Gasteiger partial charge is 0.410 e. The van der Waals surface area contributed by atoms with Crippen LogP contribution in [0, 0.1) is 11.8 Å². The molecule has 5 amide bonds. The molecule has 0 bridgehead atoms. The van der Waals surface area contributed by atoms with Crippen molar-refractivity contribution in [3.8, 4) is 0 Å². The van der Waals surface area contributed by atoms with Crippen molar-refractivity contribution in [2.45, 2.75) is 130 Å². The van der Waals surface area contributed by atoms with Crippen LogP contribution in [-0.2, 0) is 33.4 Å². The molecule has 1 saturated heterocycles. The van der Waals surface area contributed by atoms with Crippen LogP contribution in [0.5, 0.6) is 0 Å². The van der Waals surface area contributed by atoms with E-state index in [0.29, 0.717) is 19.4 Å². The van der Waals surface area contributed by atoms with Crippen LogP contribution in [0.25, 0.3) is 0 Å². The summed E-state index contributed by atoms with van der Waals surface area (Å²) in [6, 6.07) is -2.73. The molecule has 1 aliphatic heterocycles. The molecule has 0 unspecified atom stereocenters. The topological polar surface area (TPSA) is 172 Å². The molecule has 1 aliphatic rings. The van der Waals surface area contributed by atoms with Gasteiger partial charge in [-0.25, -0.2) is 9.59 Å². The number of nitrogens with one attached hydrogen (secondary N) is 4. The third-order valence-electron chi connectivity index (χ3n) is 6.93. The van der Waals surface area contributed by atoms with E-state index in [1.807, 2.05) is 13.8 Å². The van der Waals surface area contributed by atoms with Crippen molar-refractivity contribution in [2.24, 2.45) is 11.8 Å². The standard InChI is InChI=1S/C30H53N5O8/c1-17(2)16-19(22(36)33-30(10,11)26(40)32-21(18(3)4)24(38)42-12)31-25(39)29(8,9)34-23(37)20-14-13-15-35(20)27(41)43-28(5,6)7/h17-21H,13-16H2,1-12H3,(H,31,39)(H,32,40)(H,33,36)(H,34,37)/t19-,20+,21-/m0/s1. The van der Waals surface area contributed by atoms with Crippen molar-refractivity contribution in [3.63, 3.8) is 0 Å². The summed E-state index contributed by atoms with van der Waals surface area (Å²) in [5.41, 5.74) is -3.60. The second kappa shape index (κ2) is 14.9. The fourth-order valence-corrected chi connectivity index (χ4v) is 4.47. The molecule has 0 aromatic carbocycles. The normalized spacial score (nSPS) is 17.2. The van der Waals surface area contributed by atoms with Gasteiger partial charge in [-0.1, -0.05) is 27.7 Å². The zero-order valence-electron chi connectivity index (χ0n) is 27.9. The molecule has 0 spiro atoms. The Labute approximate surface area is 255 Å². The Hall–Kier alpha value is -3.38. The molecule has 1 rings (SSSR count). The van der Waals surface area contributed by atoms with E-state index in [4.69, 9.17) is 9.47 Å². The van der Waals surface area contributed by atoms with E-state index in [1.54, 1.807) is 34.6 Å². The first kappa shape index (κ1) is 37.6. The minimum atomic E-state index is -1.44. The van der Waals surface area contributed by atoms with Gasteiger partial charge in [0.05, 0.1) is 7.11 Å². The molecule has 0 saturated carbocycles. The van der Waals surface area contributed by atoms with E-state index in [2.05, 4.69) is 21.3 Å². The number of esters is 1. The average Bonchev–Trinajstić information content (AvgIpc) is 3.34. The molecule has 246 valence electrons. The number of likely N-dealkylation sites (tertiary alicyclic amines) is 1. The maximum atomic E-state index is 13.4. The number of rotatable bonds is 12. The third-order valence-corrected chi connectivity index (χ3v) is 6.93. The number of ether oxygens (including phenoxy) is 2. The molecule has 0 radical (unpaired) electrons. The van der Waals surface area contributed by atoms with Gasteiger partial charge in [0.15, 0.2) is 0 Å². The van der Waals surface area contributed by atoms with Crippen molar-refractivity contribution in [1.82, 2.24) is 26.2 Å². The average molecular weight is 612 g/mol. The van der Waals surface area contributed by atoms with E-state index in [-0.39, 0.29) is 18.3 Å². The van der Waals surface area contributed by atoms with E-state index < -0.39 is 70.5 Å². The molecule has 13 nitrogen and oxygen atoms in total. The van der Waals surface area contributed by atoms with Gasteiger partial charge >= 0.3 is 12.1 Å². The van der Waals surface area contributed by atoms with Crippen LogP contribution >= 0.6 is 0 Å². The largest absolute Gasteiger partial charge is 0.467 e. The van der Waals surface area contributed by atoms with Crippen molar-refractivity contribution in [3.05, 3.63) is 0 Å². The Morgan fingerprint density at radius 1 is 0.837 bits per heavy atom. The Bertz CT molecular complexity index is 1050. The molecule has 0 aromatic rings. The van der Waals surface area contributed by atoms with E-state index in [1.165, 1.54) is 39.7 Å². The lowest BCUT2D eigenvalue weighted by Crippen LogP contribution is -2.64. The fraction of sp³-hybridized carbons (Fsp3) is 0.800. The summed E-state index contributed by atoms with van der Waals surface area (Å²) in [5, 5.41) is 10.7. The number of amides is 5. The van der Waals surface area contributed by atoms with Crippen LogP contribution < -0.4 is 21.3 Å². The van der Waals surface area contributed by atoms with Gasteiger partial charge in [0.1, 0.15) is 34.8 Å². The summed E-state index contributed by atoms with van der Waals surface area (Å²) in [6.07, 6.45) is 0.692. The number of hydrogen-bond acceptors (Lipinski definition) is 8. The summed E-state index contributed by atoms with van der Waals surface area (Å²) < 4.78 is 10.2. The second-order valence-corrected chi connectivity index (χ2v) is 13.9. The lowest BCUT2D eigenvalue weighted by atomic mass is 9.96. The van der Waals surface area contributed by atoms with Gasteiger partial charge in [-0.2, -0.15) is 0 Å². The van der Waals surface area contributed by atoms with Crippen LogP contribution in [0.15, 0.2) is 0 Å². The van der Waals surface area contributed by atoms with Crippen molar-refractivity contribution >= 4 is 35.7 Å². The number of methoxy groups -OCH3 is 1. The Balaban J connectivity index is 3.01. The first-order valence-electron chi connectivity index (χ1n) is 14.9. The Kier molecular flexibility index (Phi) is 13.0. The SMILES string of the molecule is COC(=O)[C@@H](NC(=O)C(C)(C)NC(=O)[C@H](CC(C)C)NC(=O)C(C)(C)NC(=O)[C@H]1CCCN1C(=O)OC(C)(C)C)C(C)C. The maximum Gasteiger partial charge on any atom is 0.410 e. The van der Waals surface area contributed by atoms with Gasteiger partial charge in [-0.3, -0.25) is 24.1 Å². The highest BCUT2D eigenvalue weighted by atomic mass is 16.6. The van der Waals surface area contributed by atoms with Crippen LogP contribution in [0.2, 0.25) is 0 Å². The quantitative estimate of drug-likeness (QED) is 0.243. The van der Waals surface area contributed by atoms with Gasteiger partial charge in [-0.15, -0.1) is 0 Å². The highest BCUT2D eigenvalue weighted by Crippen LogP contribution is 2.22. The summed E-state index contributed by atoms with van der Waals surface area (Å²) in [4.78, 5) is 79.2. The van der Waals surface area contributed by atoms with E-state index in [0.717, 1.165) is 0 Å². The van der Waals surface area contributed by atoms with Crippen molar-refractivity contribution in [1.29, 1.82) is 0 Å². The number of carbonyl (C=O) groups excluding carboxylic acids is 6. The molecular formula is C30H53N5O8. The second-order valence-electron chi connectivity index (χ2n) is 13.9. The summed E-state index contributed by atoms with van der Waals surface area (Å²) in [6.45, 7) is 18.9. The molecule has 1 heterocycles. The fourth-order valence-electron chi connectivity index (χ4n) is 4.47. The highest BCUT2D eigenvalue weighted by Gasteiger charge is 2.41. The van der Waals surface area contributed by atoms with Crippen molar-refractivity contribution < 1.29 is 38.2 Å². The van der Waals surface area contributed by atoms with Gasteiger partial charge in [0.2, 0.25) is 23.6 Å². The highest BCUT2D eigenvalue weighted by molar-refractivity contribution is 5.98. The minimum Gasteiger partial charge on any atom is -0.467 e. The van der Waals surface area contributed by atoms with E-state index >= 15 is 0 Å². The molecule has 13 heteroatoms. The van der Waals surface area contributed by atoms with Crippen LogP contribution in [0.4, 0.5) is 4.79 Å². The maximum absolute atomic E-state index is 13.4. The summed E-state index contributed by atoms with van der Waals surface area (Å²) in [5.74, 6) is -3.18. The van der Waals surface area contributed by atoms with Crippen molar-refractivity contribution in [2.75, 3.05) is 13.7 Å². The zero-order chi connectivity index (χ0) is 33.5. The lowest BCUT2D eigenvalue weighted by Gasteiger charge is -2.33. The van der Waals surface area contributed by atoms with Crippen LogP contribution in [0.1, 0.15) is 95.4 Å². The van der Waals surface area contributed by atoms with Gasteiger partial charge in [-0.05, 0) is 79.6 Å². The van der Waals surface area contributed by atoms with E-state index in [9.17, 15) is 28.8 Å². The molecule has 4 N–H and O–H groups in total. The molecule has 0 aromatic heterocycles. The van der Waals surface area contributed by atoms with Crippen LogP contribution in [0.3, 0.4) is 0 Å². The first-order chi connectivity index (χ1) is 19.5. The van der Waals surface area contributed by atoms with Gasteiger partial charge in [0.25, 0.3) is 0 Å². The molecule has 43 heavy (non-hydrogen) atoms. The number of hydrogen-bond donors (Lipinski definition) is 4. The Morgan fingerprint density at radius 3 is 1.86 bits per heavy atom. The number of carbonyl (C=O) groups is 6. The summed E-state index contributed by atoms with van der Waals surface area (Å²) in [7, 11) is 1.23. The first-order valence-corrected chi connectivity index (χ1v) is 14.9. The molecule has 3 atom stereocenters. The summed E-state index contributed by atoms with van der Waals surface area (Å²) >= 11 is 0. The van der Waals surface area contributed by atoms with Crippen LogP contribution in [-0.4, -0.2) is 89.1 Å². The van der Waals surface area contributed by atoms with Gasteiger partial charge in [0, 0.05) is 6.54 Å². The van der Waals surface area contributed by atoms with Gasteiger partial charge < -0.3 is 30.7 Å². The minimum absolute atomic E-state index is 0.00351. The monoisotopic (exact) mass is 611 g/mol. The molecule has 0 aliphatic carbocycles. The molecule has 1 fully saturated rings. The predicted octanol–water partition coefficient (Wildman–Crippen LogP) is 2.02. The lowest BCUT2D eigenvalue weighted by molar-refractivity contribution is -0.147. The predicted molar refractivity (Wildman–Crippen MR) is 161 cm³/mol. The zero-order valence-corrected chi connectivity index (χ0v) is 27.9.